The first-order chi connectivity index (χ1) is 10.7. The number of rotatable bonds is 5. The van der Waals surface area contributed by atoms with Crippen molar-refractivity contribution in [3.63, 3.8) is 0 Å². The van der Waals surface area contributed by atoms with Gasteiger partial charge in [0.15, 0.2) is 5.82 Å². The zero-order chi connectivity index (χ0) is 15.4. The third-order valence-corrected chi connectivity index (χ3v) is 3.85. The second-order valence-electron chi connectivity index (χ2n) is 5.58. The van der Waals surface area contributed by atoms with Crippen LogP contribution >= 0.6 is 0 Å². The van der Waals surface area contributed by atoms with E-state index in [0.717, 1.165) is 43.7 Å². The lowest BCUT2D eigenvalue weighted by Crippen LogP contribution is -2.28. The smallest absolute Gasteiger partial charge is 0.240 e. The molecule has 116 valence electrons. The normalized spacial score (nSPS) is 15.8. The molecule has 0 fully saturated rings. The summed E-state index contributed by atoms with van der Waals surface area (Å²) in [6.07, 6.45) is 5.02. The van der Waals surface area contributed by atoms with Gasteiger partial charge in [0.2, 0.25) is 5.89 Å². The molecule has 22 heavy (non-hydrogen) atoms. The fourth-order valence-corrected chi connectivity index (χ4v) is 2.65. The predicted octanol–water partition coefficient (Wildman–Crippen LogP) is 3.45. The van der Waals surface area contributed by atoms with Crippen LogP contribution < -0.4 is 0 Å². The van der Waals surface area contributed by atoms with Crippen molar-refractivity contribution < 1.29 is 8.91 Å². The third kappa shape index (κ3) is 3.60. The van der Waals surface area contributed by atoms with Crippen molar-refractivity contribution in [2.45, 2.75) is 32.7 Å². The first-order valence-corrected chi connectivity index (χ1v) is 7.73. The highest BCUT2D eigenvalue weighted by molar-refractivity contribution is 5.66. The number of nitrogens with zero attached hydrogens (tertiary/aromatic N) is 3. The molecule has 1 aliphatic heterocycles. The Kier molecular flexibility index (Phi) is 4.63. The van der Waals surface area contributed by atoms with E-state index in [1.165, 1.54) is 17.7 Å². The topological polar surface area (TPSA) is 42.2 Å². The summed E-state index contributed by atoms with van der Waals surface area (Å²) < 4.78 is 18.2. The van der Waals surface area contributed by atoms with Gasteiger partial charge in [-0.25, -0.2) is 4.39 Å². The van der Waals surface area contributed by atoms with Gasteiger partial charge in [0.1, 0.15) is 5.82 Å². The summed E-state index contributed by atoms with van der Waals surface area (Å²) in [5.74, 6) is 1.28. The van der Waals surface area contributed by atoms with E-state index in [4.69, 9.17) is 4.52 Å². The van der Waals surface area contributed by atoms with Crippen molar-refractivity contribution in [2.24, 2.45) is 0 Å². The van der Waals surface area contributed by atoms with Gasteiger partial charge in [-0.15, -0.1) is 0 Å². The van der Waals surface area contributed by atoms with E-state index in [0.29, 0.717) is 12.4 Å². The van der Waals surface area contributed by atoms with Crippen LogP contribution in [0.3, 0.4) is 0 Å². The maximum absolute atomic E-state index is 13.0. The first kappa shape index (κ1) is 14.9. The second-order valence-corrected chi connectivity index (χ2v) is 5.58. The molecule has 3 rings (SSSR count). The average Bonchev–Trinajstić information content (AvgIpc) is 2.97. The van der Waals surface area contributed by atoms with Crippen LogP contribution in [0.2, 0.25) is 0 Å². The molecule has 1 aliphatic rings. The Labute approximate surface area is 129 Å². The number of benzene rings is 1. The molecule has 0 aliphatic carbocycles. The lowest BCUT2D eigenvalue weighted by Gasteiger charge is -2.24. The highest BCUT2D eigenvalue weighted by atomic mass is 19.1. The second kappa shape index (κ2) is 6.83. The van der Waals surface area contributed by atoms with Gasteiger partial charge in [-0.1, -0.05) is 30.3 Å². The van der Waals surface area contributed by atoms with Gasteiger partial charge in [0.05, 0.1) is 6.54 Å². The Morgan fingerprint density at radius 2 is 2.09 bits per heavy atom. The maximum atomic E-state index is 13.0. The minimum absolute atomic E-state index is 0.193. The standard InChI is InChI=1S/C17H20FN3O/c1-2-3-16-19-17(22-20-16)12-21-10-8-14(9-11-21)13-4-6-15(18)7-5-13/h4-8H,2-3,9-12H2,1H3. The lowest BCUT2D eigenvalue weighted by atomic mass is 9.99. The van der Waals surface area contributed by atoms with Crippen LogP contribution in [0, 0.1) is 5.82 Å². The minimum Gasteiger partial charge on any atom is -0.338 e. The molecule has 2 aromatic rings. The number of halogens is 1. The van der Waals surface area contributed by atoms with Crippen LogP contribution in [0.15, 0.2) is 34.9 Å². The van der Waals surface area contributed by atoms with Gasteiger partial charge in [0.25, 0.3) is 0 Å². The summed E-state index contributed by atoms with van der Waals surface area (Å²) >= 11 is 0. The molecule has 0 N–H and O–H groups in total. The molecular weight excluding hydrogens is 281 g/mol. The van der Waals surface area contributed by atoms with Crippen molar-refractivity contribution in [1.29, 1.82) is 0 Å². The highest BCUT2D eigenvalue weighted by Gasteiger charge is 2.16. The van der Waals surface area contributed by atoms with Crippen LogP contribution in [0.5, 0.6) is 0 Å². The van der Waals surface area contributed by atoms with E-state index in [9.17, 15) is 4.39 Å². The summed E-state index contributed by atoms with van der Waals surface area (Å²) in [6.45, 7) is 4.57. The van der Waals surface area contributed by atoms with Crippen molar-refractivity contribution in [3.05, 3.63) is 53.4 Å². The van der Waals surface area contributed by atoms with Gasteiger partial charge in [-0.3, -0.25) is 4.90 Å². The van der Waals surface area contributed by atoms with Gasteiger partial charge in [0, 0.05) is 19.5 Å². The largest absolute Gasteiger partial charge is 0.338 e. The number of aryl methyl sites for hydroxylation is 1. The van der Waals surface area contributed by atoms with Crippen LogP contribution in [-0.2, 0) is 13.0 Å². The Hall–Kier alpha value is -2.01. The summed E-state index contributed by atoms with van der Waals surface area (Å²) in [4.78, 5) is 6.67. The number of aromatic nitrogens is 2. The molecule has 0 saturated carbocycles. The molecule has 1 aromatic heterocycles. The maximum Gasteiger partial charge on any atom is 0.240 e. The average molecular weight is 301 g/mol. The van der Waals surface area contributed by atoms with Gasteiger partial charge in [-0.2, -0.15) is 4.98 Å². The molecule has 0 atom stereocenters. The van der Waals surface area contributed by atoms with Crippen molar-refractivity contribution in [2.75, 3.05) is 13.1 Å². The van der Waals surface area contributed by atoms with Gasteiger partial charge in [-0.05, 0) is 36.1 Å². The predicted molar refractivity (Wildman–Crippen MR) is 82.6 cm³/mol. The fraction of sp³-hybridized carbons (Fsp3) is 0.412. The molecule has 0 unspecified atom stereocenters. The van der Waals surface area contributed by atoms with Gasteiger partial charge < -0.3 is 4.52 Å². The van der Waals surface area contributed by atoms with Crippen LogP contribution in [-0.4, -0.2) is 28.1 Å². The molecule has 2 heterocycles. The summed E-state index contributed by atoms with van der Waals surface area (Å²) in [7, 11) is 0. The lowest BCUT2D eigenvalue weighted by molar-refractivity contribution is 0.245. The van der Waals surface area contributed by atoms with Crippen molar-refractivity contribution in [3.8, 4) is 0 Å². The van der Waals surface area contributed by atoms with E-state index in [-0.39, 0.29) is 5.82 Å². The van der Waals surface area contributed by atoms with Crippen LogP contribution in [0.25, 0.3) is 5.57 Å². The molecular formula is C17H20FN3O. The molecule has 0 amide bonds. The zero-order valence-corrected chi connectivity index (χ0v) is 12.8. The third-order valence-electron chi connectivity index (χ3n) is 3.85. The van der Waals surface area contributed by atoms with Crippen LogP contribution in [0.1, 0.15) is 37.0 Å². The van der Waals surface area contributed by atoms with Crippen molar-refractivity contribution >= 4 is 5.57 Å². The fourth-order valence-electron chi connectivity index (χ4n) is 2.65. The van der Waals surface area contributed by atoms with E-state index < -0.39 is 0 Å². The van der Waals surface area contributed by atoms with E-state index in [1.807, 2.05) is 12.1 Å². The van der Waals surface area contributed by atoms with E-state index in [2.05, 4.69) is 28.0 Å². The summed E-state index contributed by atoms with van der Waals surface area (Å²) in [6, 6.07) is 6.70. The van der Waals surface area contributed by atoms with Gasteiger partial charge >= 0.3 is 0 Å². The number of hydrogen-bond donors (Lipinski definition) is 0. The highest BCUT2D eigenvalue weighted by Crippen LogP contribution is 2.23. The van der Waals surface area contributed by atoms with Crippen LogP contribution in [0.4, 0.5) is 4.39 Å². The molecule has 4 nitrogen and oxygen atoms in total. The first-order valence-electron chi connectivity index (χ1n) is 7.73. The molecule has 0 saturated heterocycles. The number of hydrogen-bond acceptors (Lipinski definition) is 4. The molecule has 0 radical (unpaired) electrons. The summed E-state index contributed by atoms with van der Waals surface area (Å²) in [5.41, 5.74) is 2.37. The molecule has 1 aromatic carbocycles. The Morgan fingerprint density at radius 1 is 1.27 bits per heavy atom. The zero-order valence-electron chi connectivity index (χ0n) is 12.8. The Bertz CT molecular complexity index is 648. The SMILES string of the molecule is CCCc1noc(CN2CC=C(c3ccc(F)cc3)CC2)n1. The molecule has 5 heteroatoms. The monoisotopic (exact) mass is 301 g/mol. The Morgan fingerprint density at radius 3 is 2.77 bits per heavy atom. The molecule has 0 spiro atoms. The summed E-state index contributed by atoms with van der Waals surface area (Å²) in [5, 5.41) is 3.98. The van der Waals surface area contributed by atoms with Crippen molar-refractivity contribution in [1.82, 2.24) is 15.0 Å². The molecule has 0 bridgehead atoms. The Balaban J connectivity index is 1.59. The van der Waals surface area contributed by atoms with E-state index in [1.54, 1.807) is 0 Å². The minimum atomic E-state index is -0.193. The quantitative estimate of drug-likeness (QED) is 0.848. The van der Waals surface area contributed by atoms with E-state index >= 15 is 0 Å².